The molecule has 118 valence electrons. The molecular formula is C22H20N2. The molecule has 0 saturated heterocycles. The van der Waals surface area contributed by atoms with Gasteiger partial charge in [-0.2, -0.15) is 0 Å². The molecule has 0 aliphatic carbocycles. The van der Waals surface area contributed by atoms with Crippen LogP contribution in [0.4, 0.5) is 0 Å². The van der Waals surface area contributed by atoms with Crippen molar-refractivity contribution in [3.05, 3.63) is 83.4 Å². The van der Waals surface area contributed by atoms with Crippen molar-refractivity contribution in [2.24, 2.45) is 0 Å². The number of aromatic nitrogens is 2. The van der Waals surface area contributed by atoms with Gasteiger partial charge in [-0.3, -0.25) is 4.57 Å². The van der Waals surface area contributed by atoms with Crippen molar-refractivity contribution in [2.45, 2.75) is 20.8 Å². The normalized spacial score (nSPS) is 11.1. The van der Waals surface area contributed by atoms with Crippen LogP contribution in [0.15, 0.2) is 66.7 Å². The summed E-state index contributed by atoms with van der Waals surface area (Å²) in [5.41, 5.74) is 8.24. The Morgan fingerprint density at radius 1 is 0.708 bits per heavy atom. The third kappa shape index (κ3) is 2.50. The van der Waals surface area contributed by atoms with E-state index in [0.29, 0.717) is 0 Å². The van der Waals surface area contributed by atoms with Gasteiger partial charge in [0.2, 0.25) is 0 Å². The molecule has 2 heteroatoms. The molecule has 0 unspecified atom stereocenters. The first-order valence-electron chi connectivity index (χ1n) is 8.25. The van der Waals surface area contributed by atoms with E-state index in [9.17, 15) is 0 Å². The van der Waals surface area contributed by atoms with Gasteiger partial charge >= 0.3 is 0 Å². The highest BCUT2D eigenvalue weighted by Crippen LogP contribution is 2.29. The lowest BCUT2D eigenvalue weighted by molar-refractivity contribution is 1.09. The second-order valence-corrected chi connectivity index (χ2v) is 6.47. The summed E-state index contributed by atoms with van der Waals surface area (Å²) >= 11 is 0. The number of aryl methyl sites for hydroxylation is 3. The Hall–Kier alpha value is -2.87. The fourth-order valence-electron chi connectivity index (χ4n) is 3.26. The molecule has 0 amide bonds. The van der Waals surface area contributed by atoms with Crippen molar-refractivity contribution in [1.82, 2.24) is 9.55 Å². The molecule has 4 rings (SSSR count). The Kier molecular flexibility index (Phi) is 3.46. The van der Waals surface area contributed by atoms with E-state index >= 15 is 0 Å². The third-order valence-electron chi connectivity index (χ3n) is 4.34. The van der Waals surface area contributed by atoms with Gasteiger partial charge in [-0.25, -0.2) is 4.98 Å². The number of hydrogen-bond acceptors (Lipinski definition) is 1. The molecule has 24 heavy (non-hydrogen) atoms. The Labute approximate surface area is 142 Å². The third-order valence-corrected chi connectivity index (χ3v) is 4.34. The predicted molar refractivity (Wildman–Crippen MR) is 101 cm³/mol. The molecule has 0 fully saturated rings. The Morgan fingerprint density at radius 3 is 2.08 bits per heavy atom. The minimum atomic E-state index is 0.987. The quantitative estimate of drug-likeness (QED) is 0.470. The molecule has 4 aromatic rings. The lowest BCUT2D eigenvalue weighted by atomic mass is 10.1. The molecule has 0 atom stereocenters. The first-order chi connectivity index (χ1) is 11.6. The minimum Gasteiger partial charge on any atom is -0.292 e. The maximum Gasteiger partial charge on any atom is 0.145 e. The summed E-state index contributed by atoms with van der Waals surface area (Å²) in [6, 6.07) is 23.5. The molecule has 0 bridgehead atoms. The zero-order valence-electron chi connectivity index (χ0n) is 14.2. The lowest BCUT2D eigenvalue weighted by Crippen LogP contribution is -1.98. The van der Waals surface area contributed by atoms with Gasteiger partial charge < -0.3 is 0 Å². The monoisotopic (exact) mass is 312 g/mol. The van der Waals surface area contributed by atoms with E-state index in [4.69, 9.17) is 4.98 Å². The van der Waals surface area contributed by atoms with Crippen molar-refractivity contribution >= 4 is 11.0 Å². The summed E-state index contributed by atoms with van der Waals surface area (Å²) in [5.74, 6) is 0.987. The predicted octanol–water partition coefficient (Wildman–Crippen LogP) is 5.62. The van der Waals surface area contributed by atoms with E-state index in [2.05, 4.69) is 86.0 Å². The number of hydrogen-bond donors (Lipinski definition) is 0. The molecule has 3 aromatic carbocycles. The highest BCUT2D eigenvalue weighted by molar-refractivity contribution is 5.83. The summed E-state index contributed by atoms with van der Waals surface area (Å²) in [6.45, 7) is 6.39. The molecule has 0 spiro atoms. The van der Waals surface area contributed by atoms with Gasteiger partial charge in [0.05, 0.1) is 11.0 Å². The molecule has 1 heterocycles. The zero-order chi connectivity index (χ0) is 16.7. The van der Waals surface area contributed by atoms with Crippen molar-refractivity contribution in [2.75, 3.05) is 0 Å². The van der Waals surface area contributed by atoms with E-state index in [1.807, 2.05) is 6.07 Å². The van der Waals surface area contributed by atoms with Crippen LogP contribution in [-0.4, -0.2) is 9.55 Å². The van der Waals surface area contributed by atoms with Gasteiger partial charge in [0.15, 0.2) is 0 Å². The van der Waals surface area contributed by atoms with Gasteiger partial charge in [-0.15, -0.1) is 0 Å². The van der Waals surface area contributed by atoms with Crippen LogP contribution in [0.1, 0.15) is 16.7 Å². The van der Waals surface area contributed by atoms with E-state index < -0.39 is 0 Å². The Morgan fingerprint density at radius 2 is 1.38 bits per heavy atom. The fourth-order valence-corrected chi connectivity index (χ4v) is 3.26. The van der Waals surface area contributed by atoms with Crippen LogP contribution in [-0.2, 0) is 0 Å². The van der Waals surface area contributed by atoms with Crippen molar-refractivity contribution in [3.63, 3.8) is 0 Å². The topological polar surface area (TPSA) is 17.8 Å². The zero-order valence-corrected chi connectivity index (χ0v) is 14.2. The average Bonchev–Trinajstić information content (AvgIpc) is 2.94. The Balaban J connectivity index is 2.05. The second-order valence-electron chi connectivity index (χ2n) is 6.47. The lowest BCUT2D eigenvalue weighted by Gasteiger charge is -2.12. The molecule has 0 N–H and O–H groups in total. The van der Waals surface area contributed by atoms with Crippen LogP contribution < -0.4 is 0 Å². The molecular weight excluding hydrogens is 292 g/mol. The van der Waals surface area contributed by atoms with E-state index in [-0.39, 0.29) is 0 Å². The van der Waals surface area contributed by atoms with Crippen LogP contribution in [0.3, 0.4) is 0 Å². The first kappa shape index (κ1) is 14.7. The number of para-hydroxylation sites is 2. The van der Waals surface area contributed by atoms with E-state index in [0.717, 1.165) is 28.1 Å². The highest BCUT2D eigenvalue weighted by Gasteiger charge is 2.14. The second kappa shape index (κ2) is 5.64. The molecule has 2 nitrogen and oxygen atoms in total. The van der Waals surface area contributed by atoms with Crippen molar-refractivity contribution in [1.29, 1.82) is 0 Å². The number of nitrogens with zero attached hydrogens (tertiary/aromatic N) is 2. The molecule has 0 radical (unpaired) electrons. The number of benzene rings is 3. The van der Waals surface area contributed by atoms with Crippen LogP contribution in [0.5, 0.6) is 0 Å². The smallest absolute Gasteiger partial charge is 0.145 e. The number of fused-ring (bicyclic) bond motifs is 1. The Bertz CT molecular complexity index is 1000. The van der Waals surface area contributed by atoms with Gasteiger partial charge in [0.1, 0.15) is 5.82 Å². The SMILES string of the molecule is Cc1ccc(-c2nc3ccccc3n2-c2cc(C)cc(C)c2)cc1. The van der Waals surface area contributed by atoms with Gasteiger partial charge in [-0.1, -0.05) is 48.0 Å². The molecule has 0 aliphatic rings. The largest absolute Gasteiger partial charge is 0.292 e. The molecule has 0 saturated carbocycles. The maximum atomic E-state index is 4.91. The fraction of sp³-hybridized carbons (Fsp3) is 0.136. The summed E-state index contributed by atoms with van der Waals surface area (Å²) in [7, 11) is 0. The summed E-state index contributed by atoms with van der Waals surface area (Å²) in [5, 5.41) is 0. The standard InChI is InChI=1S/C22H20N2/c1-15-8-10-18(11-9-15)22-23-20-6-4-5-7-21(20)24(22)19-13-16(2)12-17(3)14-19/h4-14H,1-3H3. The maximum absolute atomic E-state index is 4.91. The molecule has 1 aromatic heterocycles. The summed E-state index contributed by atoms with van der Waals surface area (Å²) in [4.78, 5) is 4.91. The number of imidazole rings is 1. The average molecular weight is 312 g/mol. The van der Waals surface area contributed by atoms with Gasteiger partial charge in [-0.05, 0) is 56.2 Å². The highest BCUT2D eigenvalue weighted by atomic mass is 15.1. The molecule has 0 aliphatic heterocycles. The first-order valence-corrected chi connectivity index (χ1v) is 8.25. The van der Waals surface area contributed by atoms with E-state index in [1.165, 1.54) is 16.7 Å². The van der Waals surface area contributed by atoms with Crippen molar-refractivity contribution in [3.8, 4) is 17.1 Å². The van der Waals surface area contributed by atoms with Crippen LogP contribution in [0, 0.1) is 20.8 Å². The minimum absolute atomic E-state index is 0.987. The van der Waals surface area contributed by atoms with Gasteiger partial charge in [0.25, 0.3) is 0 Å². The summed E-state index contributed by atoms with van der Waals surface area (Å²) < 4.78 is 2.26. The van der Waals surface area contributed by atoms with Crippen molar-refractivity contribution < 1.29 is 0 Å². The van der Waals surface area contributed by atoms with Gasteiger partial charge in [0, 0.05) is 11.3 Å². The van der Waals surface area contributed by atoms with Crippen LogP contribution in [0.2, 0.25) is 0 Å². The number of rotatable bonds is 2. The van der Waals surface area contributed by atoms with Crippen LogP contribution in [0.25, 0.3) is 28.1 Å². The van der Waals surface area contributed by atoms with Crippen LogP contribution >= 0.6 is 0 Å². The summed E-state index contributed by atoms with van der Waals surface area (Å²) in [6.07, 6.45) is 0. The van der Waals surface area contributed by atoms with E-state index in [1.54, 1.807) is 0 Å².